The molecule has 1 aliphatic heterocycles. The second-order valence-electron chi connectivity index (χ2n) is 5.51. The van der Waals surface area contributed by atoms with E-state index in [0.717, 1.165) is 32.4 Å². The van der Waals surface area contributed by atoms with E-state index < -0.39 is 10.0 Å². The molecule has 2 rings (SSSR count). The summed E-state index contributed by atoms with van der Waals surface area (Å²) in [6.07, 6.45) is 6.09. The van der Waals surface area contributed by atoms with Gasteiger partial charge in [-0.2, -0.15) is 9.40 Å². The summed E-state index contributed by atoms with van der Waals surface area (Å²) in [5, 5.41) is 7.22. The van der Waals surface area contributed by atoms with E-state index in [1.807, 2.05) is 7.05 Å². The first-order valence-electron chi connectivity index (χ1n) is 7.21. The van der Waals surface area contributed by atoms with Crippen LogP contribution in [0.4, 0.5) is 0 Å². The average Bonchev–Trinajstić information content (AvgIpc) is 2.88. The molecular formula is C13H24N4O2S. The van der Waals surface area contributed by atoms with Gasteiger partial charge in [0.15, 0.2) is 0 Å². The third-order valence-corrected chi connectivity index (χ3v) is 5.50. The lowest BCUT2D eigenvalue weighted by atomic mass is 10.0. The standard InChI is InChI=1S/C13H24N4O2S/c1-12-5-3-8-17(10-12)20(18,19)13-9-15-16(11-13)7-4-6-14-2/h9,11-12,14H,3-8,10H2,1-2H3. The van der Waals surface area contributed by atoms with Gasteiger partial charge in [0.1, 0.15) is 4.90 Å². The summed E-state index contributed by atoms with van der Waals surface area (Å²) in [6.45, 7) is 4.96. The predicted octanol–water partition coefficient (Wildman–Crippen LogP) is 0.913. The minimum absolute atomic E-state index is 0.316. The van der Waals surface area contributed by atoms with Gasteiger partial charge in [0.2, 0.25) is 10.0 Å². The van der Waals surface area contributed by atoms with Crippen LogP contribution in [0.25, 0.3) is 0 Å². The molecule has 0 bridgehead atoms. The first-order valence-corrected chi connectivity index (χ1v) is 8.65. The summed E-state index contributed by atoms with van der Waals surface area (Å²) >= 11 is 0. The van der Waals surface area contributed by atoms with E-state index >= 15 is 0 Å². The molecule has 114 valence electrons. The molecule has 1 saturated heterocycles. The van der Waals surface area contributed by atoms with Crippen LogP contribution in [-0.2, 0) is 16.6 Å². The quantitative estimate of drug-likeness (QED) is 0.793. The van der Waals surface area contributed by atoms with Crippen molar-refractivity contribution < 1.29 is 8.42 Å². The van der Waals surface area contributed by atoms with Crippen LogP contribution in [0.2, 0.25) is 0 Å². The zero-order valence-corrected chi connectivity index (χ0v) is 13.1. The van der Waals surface area contributed by atoms with Gasteiger partial charge in [-0.25, -0.2) is 8.42 Å². The first-order chi connectivity index (χ1) is 9.54. The van der Waals surface area contributed by atoms with Crippen molar-refractivity contribution in [1.29, 1.82) is 0 Å². The maximum atomic E-state index is 12.5. The van der Waals surface area contributed by atoms with Crippen LogP contribution in [0.1, 0.15) is 26.2 Å². The number of rotatable bonds is 6. The fourth-order valence-corrected chi connectivity index (χ4v) is 4.09. The Hall–Kier alpha value is -0.920. The van der Waals surface area contributed by atoms with Gasteiger partial charge in [0.25, 0.3) is 0 Å². The number of nitrogens with one attached hydrogen (secondary N) is 1. The molecule has 7 heteroatoms. The lowest BCUT2D eigenvalue weighted by Crippen LogP contribution is -2.38. The molecule has 0 aliphatic carbocycles. The van der Waals surface area contributed by atoms with Gasteiger partial charge >= 0.3 is 0 Å². The van der Waals surface area contributed by atoms with Crippen molar-refractivity contribution >= 4 is 10.0 Å². The highest BCUT2D eigenvalue weighted by molar-refractivity contribution is 7.89. The molecule has 20 heavy (non-hydrogen) atoms. The van der Waals surface area contributed by atoms with Gasteiger partial charge in [-0.3, -0.25) is 4.68 Å². The minimum atomic E-state index is -3.37. The van der Waals surface area contributed by atoms with Gasteiger partial charge in [-0.1, -0.05) is 6.92 Å². The molecule has 1 atom stereocenters. The van der Waals surface area contributed by atoms with Crippen LogP contribution in [-0.4, -0.2) is 49.2 Å². The number of aryl methyl sites for hydroxylation is 1. The molecule has 0 amide bonds. The fourth-order valence-electron chi connectivity index (χ4n) is 2.53. The van der Waals surface area contributed by atoms with Gasteiger partial charge in [0.05, 0.1) is 6.20 Å². The lowest BCUT2D eigenvalue weighted by molar-refractivity contribution is 0.281. The highest BCUT2D eigenvalue weighted by Crippen LogP contribution is 2.22. The van der Waals surface area contributed by atoms with Crippen molar-refractivity contribution in [2.24, 2.45) is 5.92 Å². The molecule has 2 heterocycles. The van der Waals surface area contributed by atoms with Gasteiger partial charge < -0.3 is 5.32 Å². The summed E-state index contributed by atoms with van der Waals surface area (Å²) in [6, 6.07) is 0. The molecular weight excluding hydrogens is 276 g/mol. The number of hydrogen-bond acceptors (Lipinski definition) is 4. The van der Waals surface area contributed by atoms with Gasteiger partial charge in [-0.15, -0.1) is 0 Å². The number of hydrogen-bond donors (Lipinski definition) is 1. The van der Waals surface area contributed by atoms with E-state index in [1.165, 1.54) is 6.20 Å². The fraction of sp³-hybridized carbons (Fsp3) is 0.769. The van der Waals surface area contributed by atoms with Crippen LogP contribution in [0.3, 0.4) is 0 Å². The van der Waals surface area contributed by atoms with E-state index in [9.17, 15) is 8.42 Å². The molecule has 1 aliphatic rings. The average molecular weight is 300 g/mol. The molecule has 6 nitrogen and oxygen atoms in total. The van der Waals surface area contributed by atoms with E-state index in [1.54, 1.807) is 15.2 Å². The molecule has 1 aromatic heterocycles. The summed E-state index contributed by atoms with van der Waals surface area (Å²) in [4.78, 5) is 0.316. The normalized spacial score (nSPS) is 21.2. The van der Waals surface area contributed by atoms with Crippen molar-refractivity contribution in [2.45, 2.75) is 37.6 Å². The van der Waals surface area contributed by atoms with Crippen LogP contribution in [0.15, 0.2) is 17.3 Å². The molecule has 0 saturated carbocycles. The Morgan fingerprint density at radius 1 is 1.50 bits per heavy atom. The highest BCUT2D eigenvalue weighted by atomic mass is 32.2. The Balaban J connectivity index is 2.05. The van der Waals surface area contributed by atoms with E-state index in [2.05, 4.69) is 17.3 Å². The number of nitrogens with zero attached hydrogens (tertiary/aromatic N) is 3. The second-order valence-corrected chi connectivity index (χ2v) is 7.44. The molecule has 1 fully saturated rings. The zero-order valence-electron chi connectivity index (χ0n) is 12.2. The second kappa shape index (κ2) is 6.69. The van der Waals surface area contributed by atoms with Crippen LogP contribution < -0.4 is 5.32 Å². The molecule has 0 spiro atoms. The summed E-state index contributed by atoms with van der Waals surface area (Å²) in [5.74, 6) is 0.434. The van der Waals surface area contributed by atoms with E-state index in [4.69, 9.17) is 0 Å². The maximum absolute atomic E-state index is 12.5. The topological polar surface area (TPSA) is 67.2 Å². The first kappa shape index (κ1) is 15.5. The highest BCUT2D eigenvalue weighted by Gasteiger charge is 2.29. The van der Waals surface area contributed by atoms with Crippen molar-refractivity contribution in [3.8, 4) is 0 Å². The monoisotopic (exact) mass is 300 g/mol. The third kappa shape index (κ3) is 3.59. The molecule has 1 unspecified atom stereocenters. The van der Waals surface area contributed by atoms with Crippen molar-refractivity contribution in [3.05, 3.63) is 12.4 Å². The van der Waals surface area contributed by atoms with Crippen molar-refractivity contribution in [3.63, 3.8) is 0 Å². The van der Waals surface area contributed by atoms with Crippen molar-refractivity contribution in [1.82, 2.24) is 19.4 Å². The lowest BCUT2D eigenvalue weighted by Gasteiger charge is -2.29. The number of sulfonamides is 1. The number of aromatic nitrogens is 2. The van der Waals surface area contributed by atoms with Gasteiger partial charge in [0, 0.05) is 25.8 Å². The summed E-state index contributed by atoms with van der Waals surface area (Å²) in [7, 11) is -1.47. The maximum Gasteiger partial charge on any atom is 0.246 e. The van der Waals surface area contributed by atoms with E-state index in [-0.39, 0.29) is 0 Å². The van der Waals surface area contributed by atoms with Crippen LogP contribution in [0.5, 0.6) is 0 Å². The van der Waals surface area contributed by atoms with E-state index in [0.29, 0.717) is 23.9 Å². The summed E-state index contributed by atoms with van der Waals surface area (Å²) in [5.41, 5.74) is 0. The van der Waals surface area contributed by atoms with Crippen molar-refractivity contribution in [2.75, 3.05) is 26.7 Å². The number of piperidine rings is 1. The largest absolute Gasteiger partial charge is 0.320 e. The SMILES string of the molecule is CNCCCn1cc(S(=O)(=O)N2CCCC(C)C2)cn1. The molecule has 0 radical (unpaired) electrons. The minimum Gasteiger partial charge on any atom is -0.320 e. The zero-order chi connectivity index (χ0) is 14.6. The molecule has 1 N–H and O–H groups in total. The van der Waals surface area contributed by atoms with Crippen LogP contribution in [0, 0.1) is 5.92 Å². The Kier molecular flexibility index (Phi) is 5.17. The molecule has 1 aromatic rings. The Morgan fingerprint density at radius 2 is 2.30 bits per heavy atom. The summed E-state index contributed by atoms with van der Waals surface area (Å²) < 4.78 is 28.4. The Morgan fingerprint density at radius 3 is 3.00 bits per heavy atom. The Bertz CT molecular complexity index is 526. The molecule has 0 aromatic carbocycles. The van der Waals surface area contributed by atoms with Gasteiger partial charge in [-0.05, 0) is 38.8 Å². The van der Waals surface area contributed by atoms with Crippen LogP contribution >= 0.6 is 0 Å². The Labute approximate surface area is 121 Å². The smallest absolute Gasteiger partial charge is 0.246 e. The predicted molar refractivity (Wildman–Crippen MR) is 77.9 cm³/mol. The third-order valence-electron chi connectivity index (χ3n) is 3.68.